The predicted molar refractivity (Wildman–Crippen MR) is 206 cm³/mol. The van der Waals surface area contributed by atoms with E-state index in [-0.39, 0.29) is 11.7 Å². The van der Waals surface area contributed by atoms with Gasteiger partial charge in [0, 0.05) is 52.8 Å². The topological polar surface area (TPSA) is 76.6 Å². The van der Waals surface area contributed by atoms with Crippen LogP contribution in [0.15, 0.2) is 109 Å². The molecular formula is C46H50N2O3. The zero-order chi connectivity index (χ0) is 35.2. The van der Waals surface area contributed by atoms with Crippen molar-refractivity contribution < 1.29 is 15.0 Å². The fourth-order valence-corrected chi connectivity index (χ4v) is 9.55. The third kappa shape index (κ3) is 6.41. The van der Waals surface area contributed by atoms with Crippen molar-refractivity contribution in [2.45, 2.75) is 89.4 Å². The summed E-state index contributed by atoms with van der Waals surface area (Å²) in [5.74, 6) is 0.0121. The molecule has 51 heavy (non-hydrogen) atoms. The molecule has 2 bridgehead atoms. The van der Waals surface area contributed by atoms with Crippen LogP contribution in [-0.4, -0.2) is 50.7 Å². The largest absolute Gasteiger partial charge is 0.393 e. The molecule has 3 N–H and O–H groups in total. The highest BCUT2D eigenvalue weighted by Gasteiger charge is 2.57. The molecule has 5 aromatic rings. The Kier molecular flexibility index (Phi) is 9.08. The molecule has 4 unspecified atom stereocenters. The molecule has 262 valence electrons. The lowest BCUT2D eigenvalue weighted by molar-refractivity contribution is -0.0857. The number of hydrogen-bond acceptors (Lipinski definition) is 4. The summed E-state index contributed by atoms with van der Waals surface area (Å²) in [6, 6.07) is 33.1. The molecule has 3 aliphatic carbocycles. The van der Waals surface area contributed by atoms with Gasteiger partial charge in [0.25, 0.3) is 0 Å². The highest BCUT2D eigenvalue weighted by atomic mass is 16.3. The fourth-order valence-electron chi connectivity index (χ4n) is 9.55. The monoisotopic (exact) mass is 678 g/mol. The number of aliphatic hydroxyl groups excluding tert-OH is 1. The van der Waals surface area contributed by atoms with E-state index in [9.17, 15) is 15.0 Å². The first kappa shape index (κ1) is 33.8. The lowest BCUT2D eigenvalue weighted by Crippen LogP contribution is -2.53. The smallest absolute Gasteiger partial charge is 0.193 e. The van der Waals surface area contributed by atoms with Gasteiger partial charge in [0.2, 0.25) is 0 Å². The van der Waals surface area contributed by atoms with Crippen molar-refractivity contribution in [2.75, 3.05) is 13.1 Å². The van der Waals surface area contributed by atoms with Crippen LogP contribution in [0.3, 0.4) is 0 Å². The third-order valence-corrected chi connectivity index (χ3v) is 12.6. The number of H-pyrrole nitrogens is 1. The SMILES string of the molecule is CC1=CCCC2(C)C(CCC2(O)CN2CCc3c([nH]c4ccccc34)C2)c2ccc(cc2C(=O)c2ccc(-c3ccccc3)cc2)CC(O)CC1. The second-order valence-electron chi connectivity index (χ2n) is 15.8. The van der Waals surface area contributed by atoms with E-state index in [1.807, 2.05) is 48.5 Å². The number of fused-ring (bicyclic) bond motifs is 11. The van der Waals surface area contributed by atoms with Gasteiger partial charge in [0.1, 0.15) is 0 Å². The van der Waals surface area contributed by atoms with E-state index in [1.54, 1.807) is 0 Å². The first-order chi connectivity index (χ1) is 24.7. The Morgan fingerprint density at radius 1 is 0.902 bits per heavy atom. The van der Waals surface area contributed by atoms with Crippen LogP contribution in [0.1, 0.15) is 96.6 Å². The predicted octanol–water partition coefficient (Wildman–Crippen LogP) is 9.16. The number of carbonyl (C=O) groups is 1. The number of allylic oxidation sites excluding steroid dienone is 2. The standard InChI is InChI=1S/C46H50N2O3/c1-31-9-8-24-45(2)41(22-25-46(45,51)30-48-26-23-39-38-12-6-7-13-42(38)47-43(39)29-48)37-21-15-32(27-36(49)20-14-31)28-40(37)44(50)35-18-16-34(17-19-35)33-10-4-3-5-11-33/h3-7,9-13,15-19,21,28,36,41,47,49,51H,8,14,20,22-27,29-30H2,1-2H3. The molecule has 1 aromatic heterocycles. The van der Waals surface area contributed by atoms with Crippen molar-refractivity contribution in [3.05, 3.63) is 142 Å². The Bertz CT molecular complexity index is 2080. The van der Waals surface area contributed by atoms with Crippen LogP contribution < -0.4 is 0 Å². The molecule has 9 rings (SSSR count). The molecular weight excluding hydrogens is 629 g/mol. The molecule has 1 saturated carbocycles. The van der Waals surface area contributed by atoms with Gasteiger partial charge in [-0.15, -0.1) is 0 Å². The van der Waals surface area contributed by atoms with Crippen molar-refractivity contribution >= 4 is 16.7 Å². The summed E-state index contributed by atoms with van der Waals surface area (Å²) < 4.78 is 0. The second-order valence-corrected chi connectivity index (χ2v) is 15.8. The molecule has 4 aliphatic rings. The summed E-state index contributed by atoms with van der Waals surface area (Å²) in [5.41, 5.74) is 9.34. The van der Waals surface area contributed by atoms with Gasteiger partial charge in [0.15, 0.2) is 5.78 Å². The summed E-state index contributed by atoms with van der Waals surface area (Å²) in [5, 5.41) is 25.3. The van der Waals surface area contributed by atoms with Crippen molar-refractivity contribution in [1.29, 1.82) is 0 Å². The fraction of sp³-hybridized carbons (Fsp3) is 0.370. The number of aliphatic hydroxyl groups is 2. The first-order valence-corrected chi connectivity index (χ1v) is 18.9. The first-order valence-electron chi connectivity index (χ1n) is 18.9. The number of aromatic amines is 1. The minimum absolute atomic E-state index is 0.00365. The van der Waals surface area contributed by atoms with Crippen LogP contribution in [0.4, 0.5) is 0 Å². The quantitative estimate of drug-likeness (QED) is 0.128. The lowest BCUT2D eigenvalue weighted by Gasteiger charge is -2.46. The van der Waals surface area contributed by atoms with Gasteiger partial charge in [-0.2, -0.15) is 0 Å². The highest BCUT2D eigenvalue weighted by molar-refractivity contribution is 6.10. The zero-order valence-electron chi connectivity index (χ0n) is 30.0. The molecule has 1 fully saturated rings. The van der Waals surface area contributed by atoms with Crippen LogP contribution in [0.5, 0.6) is 0 Å². The average Bonchev–Trinajstić information content (AvgIpc) is 3.63. The molecule has 0 amide bonds. The summed E-state index contributed by atoms with van der Waals surface area (Å²) in [7, 11) is 0. The number of β-amino-alcohol motifs (C(OH)–C–C–N with tert-alkyl or cyclic N) is 1. The molecule has 0 radical (unpaired) electrons. The molecule has 0 spiro atoms. The number of hydrogen-bond donors (Lipinski definition) is 3. The van der Waals surface area contributed by atoms with Crippen LogP contribution >= 0.6 is 0 Å². The summed E-state index contributed by atoms with van der Waals surface area (Å²) >= 11 is 0. The minimum Gasteiger partial charge on any atom is -0.393 e. The Morgan fingerprint density at radius 2 is 1.67 bits per heavy atom. The van der Waals surface area contributed by atoms with Gasteiger partial charge in [-0.3, -0.25) is 9.69 Å². The Labute approximate surface area is 302 Å². The van der Waals surface area contributed by atoms with Gasteiger partial charge in [-0.1, -0.05) is 104 Å². The highest BCUT2D eigenvalue weighted by Crippen LogP contribution is 2.59. The Balaban J connectivity index is 1.15. The van der Waals surface area contributed by atoms with Crippen molar-refractivity contribution in [3.63, 3.8) is 0 Å². The normalized spacial score (nSPS) is 25.6. The van der Waals surface area contributed by atoms with Crippen LogP contribution in [0.25, 0.3) is 22.0 Å². The van der Waals surface area contributed by atoms with E-state index >= 15 is 0 Å². The van der Waals surface area contributed by atoms with Gasteiger partial charge in [0.05, 0.1) is 11.7 Å². The summed E-state index contributed by atoms with van der Waals surface area (Å²) in [4.78, 5) is 20.7. The van der Waals surface area contributed by atoms with E-state index in [1.165, 1.54) is 27.7 Å². The lowest BCUT2D eigenvalue weighted by atomic mass is 9.64. The number of nitrogens with zero attached hydrogens (tertiary/aromatic N) is 1. The molecule has 4 atom stereocenters. The van der Waals surface area contributed by atoms with Crippen molar-refractivity contribution in [2.24, 2.45) is 5.41 Å². The molecule has 0 saturated heterocycles. The molecule has 5 nitrogen and oxygen atoms in total. The molecule has 1 aliphatic heterocycles. The number of carbonyl (C=O) groups excluding carboxylic acids is 1. The molecule has 4 aromatic carbocycles. The maximum Gasteiger partial charge on any atom is 0.193 e. The molecule has 5 heteroatoms. The van der Waals surface area contributed by atoms with E-state index in [2.05, 4.69) is 78.3 Å². The number of para-hydroxylation sites is 1. The van der Waals surface area contributed by atoms with Crippen LogP contribution in [-0.2, 0) is 19.4 Å². The Hall–Kier alpha value is -4.29. The minimum atomic E-state index is -0.924. The number of rotatable bonds is 5. The summed E-state index contributed by atoms with van der Waals surface area (Å²) in [6.45, 7) is 6.77. The molecule has 2 heterocycles. The van der Waals surface area contributed by atoms with Crippen molar-refractivity contribution in [3.8, 4) is 11.1 Å². The van der Waals surface area contributed by atoms with E-state index in [4.69, 9.17) is 0 Å². The maximum absolute atomic E-state index is 14.6. The number of nitrogens with one attached hydrogen (secondary N) is 1. The zero-order valence-corrected chi connectivity index (χ0v) is 30.0. The average molecular weight is 679 g/mol. The number of aromatic nitrogens is 1. The maximum atomic E-state index is 14.6. The van der Waals surface area contributed by atoms with E-state index in [0.717, 1.165) is 67.4 Å². The number of benzene rings is 4. The second kappa shape index (κ2) is 13.7. The van der Waals surface area contributed by atoms with Gasteiger partial charge in [-0.25, -0.2) is 0 Å². The van der Waals surface area contributed by atoms with E-state index in [0.29, 0.717) is 36.9 Å². The van der Waals surface area contributed by atoms with Gasteiger partial charge < -0.3 is 15.2 Å². The third-order valence-electron chi connectivity index (χ3n) is 12.6. The van der Waals surface area contributed by atoms with E-state index < -0.39 is 17.1 Å². The van der Waals surface area contributed by atoms with Crippen LogP contribution in [0, 0.1) is 5.41 Å². The Morgan fingerprint density at radius 3 is 2.49 bits per heavy atom. The number of ketones is 1. The van der Waals surface area contributed by atoms with Crippen molar-refractivity contribution in [1.82, 2.24) is 9.88 Å². The summed E-state index contributed by atoms with van der Waals surface area (Å²) in [6.07, 6.45) is 8.02. The van der Waals surface area contributed by atoms with Crippen LogP contribution in [0.2, 0.25) is 0 Å². The van der Waals surface area contributed by atoms with Gasteiger partial charge in [-0.05, 0) is 104 Å². The van der Waals surface area contributed by atoms with Gasteiger partial charge >= 0.3 is 0 Å².